The Labute approximate surface area is 43.9 Å². The second-order valence-corrected chi connectivity index (χ2v) is 2.17. The van der Waals surface area contributed by atoms with Gasteiger partial charge < -0.3 is 9.85 Å². The van der Waals surface area contributed by atoms with Gasteiger partial charge in [-0.2, -0.15) is 0 Å². The number of nitrogens with two attached hydrogens (primary N) is 1. The third-order valence-corrected chi connectivity index (χ3v) is 0.981. The molecule has 0 aliphatic carbocycles. The van der Waals surface area contributed by atoms with Crippen LogP contribution in [-0.4, -0.2) is 24.9 Å². The monoisotopic (exact) mass is 104 g/mol. The maximum absolute atomic E-state index is 10.6. The zero-order valence-electron chi connectivity index (χ0n) is 5.01. The Kier molecular flexibility index (Phi) is 1.75. The van der Waals surface area contributed by atoms with E-state index in [4.69, 9.17) is 5.73 Å². The third kappa shape index (κ3) is 2.56. The van der Waals surface area contributed by atoms with Gasteiger partial charge in [-0.05, 0) is 0 Å². The summed E-state index contributed by atoms with van der Waals surface area (Å²) in [4.78, 5) is 0. The molecule has 0 radical (unpaired) electrons. The van der Waals surface area contributed by atoms with Crippen molar-refractivity contribution in [3.05, 3.63) is 5.21 Å². The molecule has 0 fully saturated rings. The highest BCUT2D eigenvalue weighted by molar-refractivity contribution is 4.33. The lowest BCUT2D eigenvalue weighted by atomic mass is 10.5. The molecule has 0 saturated carbocycles. The van der Waals surface area contributed by atoms with E-state index in [2.05, 4.69) is 0 Å². The van der Waals surface area contributed by atoms with Gasteiger partial charge in [0, 0.05) is 6.92 Å². The Morgan fingerprint density at radius 2 is 1.71 bits per heavy atom. The van der Waals surface area contributed by atoms with Crippen LogP contribution in [0.3, 0.4) is 0 Å². The topological polar surface area (TPSA) is 49.1 Å². The molecule has 44 valence electrons. The molecule has 0 heterocycles. The third-order valence-electron chi connectivity index (χ3n) is 0.981. The quantitative estimate of drug-likeness (QED) is 0.286. The van der Waals surface area contributed by atoms with Crippen molar-refractivity contribution < 1.29 is 4.65 Å². The van der Waals surface area contributed by atoms with Crippen LogP contribution in [0.4, 0.5) is 0 Å². The minimum atomic E-state index is -0.417. The lowest BCUT2D eigenvalue weighted by molar-refractivity contribution is -0.864. The van der Waals surface area contributed by atoms with Crippen molar-refractivity contribution in [2.45, 2.75) is 13.1 Å². The van der Waals surface area contributed by atoms with E-state index < -0.39 is 4.65 Å². The summed E-state index contributed by atoms with van der Waals surface area (Å²) < 4.78 is -0.417. The van der Waals surface area contributed by atoms with Gasteiger partial charge in [-0.15, -0.1) is 0 Å². The highest BCUT2D eigenvalue weighted by Gasteiger charge is 2.05. The predicted octanol–water partition coefficient (Wildman–Crippen LogP) is -0.135. The van der Waals surface area contributed by atoms with E-state index in [-0.39, 0.29) is 6.17 Å². The van der Waals surface area contributed by atoms with Crippen LogP contribution in [0.15, 0.2) is 0 Å². The molecule has 0 rings (SSSR count). The fourth-order valence-corrected chi connectivity index (χ4v) is 0. The molecule has 2 N–H and O–H groups in total. The first kappa shape index (κ1) is 6.88. The second-order valence-electron chi connectivity index (χ2n) is 2.17. The summed E-state index contributed by atoms with van der Waals surface area (Å²) in [7, 11) is 3.04. The van der Waals surface area contributed by atoms with E-state index in [0.717, 1.165) is 0 Å². The minimum Gasteiger partial charge on any atom is -0.632 e. The van der Waals surface area contributed by atoms with Crippen LogP contribution < -0.4 is 5.73 Å². The summed E-state index contributed by atoms with van der Waals surface area (Å²) in [6.45, 7) is 1.69. The number of hydroxylamine groups is 3. The van der Waals surface area contributed by atoms with E-state index in [9.17, 15) is 5.21 Å². The molecule has 0 amide bonds. The van der Waals surface area contributed by atoms with Crippen LogP contribution >= 0.6 is 0 Å². The molecule has 0 aromatic rings. The smallest absolute Gasteiger partial charge is 0.136 e. The zero-order chi connectivity index (χ0) is 6.08. The van der Waals surface area contributed by atoms with Crippen LogP contribution in [-0.2, 0) is 0 Å². The summed E-state index contributed by atoms with van der Waals surface area (Å²) in [5, 5.41) is 10.6. The van der Waals surface area contributed by atoms with Crippen molar-refractivity contribution in [2.24, 2.45) is 5.73 Å². The van der Waals surface area contributed by atoms with Gasteiger partial charge in [0.15, 0.2) is 0 Å². The van der Waals surface area contributed by atoms with E-state index in [1.807, 2.05) is 0 Å². The molecule has 0 aliphatic heterocycles. The van der Waals surface area contributed by atoms with Crippen LogP contribution in [0.25, 0.3) is 0 Å². The van der Waals surface area contributed by atoms with Crippen LogP contribution in [0, 0.1) is 5.21 Å². The molecule has 0 bridgehead atoms. The average molecular weight is 104 g/mol. The largest absolute Gasteiger partial charge is 0.632 e. The predicted molar refractivity (Wildman–Crippen MR) is 29.1 cm³/mol. The lowest BCUT2D eigenvalue weighted by Crippen LogP contribution is -2.46. The molecule has 7 heavy (non-hydrogen) atoms. The maximum atomic E-state index is 10.6. The summed E-state index contributed by atoms with van der Waals surface area (Å²) in [5.41, 5.74) is 5.23. The summed E-state index contributed by atoms with van der Waals surface area (Å²) in [6, 6.07) is 0. The first-order valence-electron chi connectivity index (χ1n) is 2.25. The molecule has 1 atom stereocenters. The fraction of sp³-hybridized carbons (Fsp3) is 1.00. The normalized spacial score (nSPS) is 16.7. The molecule has 0 aromatic carbocycles. The SMILES string of the molecule is CC(N)[N+](C)(C)[O-]. The molecule has 1 unspecified atom stereocenters. The van der Waals surface area contributed by atoms with Crippen molar-refractivity contribution in [1.29, 1.82) is 0 Å². The van der Waals surface area contributed by atoms with Gasteiger partial charge in [0.2, 0.25) is 0 Å². The van der Waals surface area contributed by atoms with E-state index in [1.165, 1.54) is 14.1 Å². The van der Waals surface area contributed by atoms with Gasteiger partial charge in [-0.3, -0.25) is 5.73 Å². The Morgan fingerprint density at radius 1 is 1.57 bits per heavy atom. The van der Waals surface area contributed by atoms with Crippen molar-refractivity contribution in [2.75, 3.05) is 14.1 Å². The summed E-state index contributed by atoms with van der Waals surface area (Å²) in [5.74, 6) is 0. The van der Waals surface area contributed by atoms with Gasteiger partial charge in [-0.1, -0.05) is 0 Å². The number of rotatable bonds is 1. The second kappa shape index (κ2) is 1.78. The van der Waals surface area contributed by atoms with Crippen molar-refractivity contribution >= 4 is 0 Å². The van der Waals surface area contributed by atoms with E-state index in [1.54, 1.807) is 6.92 Å². The Hall–Kier alpha value is -0.120. The molecule has 0 aliphatic rings. The molecular formula is C4H12N2O. The number of hydrogen-bond donors (Lipinski definition) is 1. The summed E-state index contributed by atoms with van der Waals surface area (Å²) in [6.07, 6.45) is -0.319. The molecule has 3 nitrogen and oxygen atoms in total. The standard InChI is InChI=1S/C4H12N2O/c1-4(5)6(2,3)7/h4H,5H2,1-3H3. The lowest BCUT2D eigenvalue weighted by Gasteiger charge is -2.37. The van der Waals surface area contributed by atoms with Crippen LogP contribution in [0.2, 0.25) is 0 Å². The minimum absolute atomic E-state index is 0.319. The average Bonchev–Trinajstić information content (AvgIpc) is 1.31. The van der Waals surface area contributed by atoms with Gasteiger partial charge in [0.1, 0.15) is 6.17 Å². The fourth-order valence-electron chi connectivity index (χ4n) is 0. The van der Waals surface area contributed by atoms with Crippen LogP contribution in [0.5, 0.6) is 0 Å². The molecule has 0 spiro atoms. The van der Waals surface area contributed by atoms with Gasteiger partial charge in [0.05, 0.1) is 14.1 Å². The highest BCUT2D eigenvalue weighted by atomic mass is 16.5. The van der Waals surface area contributed by atoms with Crippen molar-refractivity contribution in [1.82, 2.24) is 0 Å². The molecule has 0 aromatic heterocycles. The molecule has 0 saturated heterocycles. The molecule has 3 heteroatoms. The highest BCUT2D eigenvalue weighted by Crippen LogP contribution is 1.93. The van der Waals surface area contributed by atoms with Gasteiger partial charge in [0.25, 0.3) is 0 Å². The first-order chi connectivity index (χ1) is 2.94. The Bertz CT molecular complexity index is 55.2. The first-order valence-corrected chi connectivity index (χ1v) is 2.25. The maximum Gasteiger partial charge on any atom is 0.136 e. The van der Waals surface area contributed by atoms with E-state index in [0.29, 0.717) is 0 Å². The van der Waals surface area contributed by atoms with Crippen LogP contribution in [0.1, 0.15) is 6.92 Å². The van der Waals surface area contributed by atoms with Gasteiger partial charge in [-0.25, -0.2) is 0 Å². The zero-order valence-corrected chi connectivity index (χ0v) is 5.01. The van der Waals surface area contributed by atoms with E-state index >= 15 is 0 Å². The molecular weight excluding hydrogens is 92.1 g/mol. The van der Waals surface area contributed by atoms with Gasteiger partial charge >= 0.3 is 0 Å². The van der Waals surface area contributed by atoms with Crippen molar-refractivity contribution in [3.63, 3.8) is 0 Å². The number of quaternary nitrogens is 1. The Morgan fingerprint density at radius 3 is 1.71 bits per heavy atom. The Balaban J connectivity index is 3.54. The number of hydrogen-bond acceptors (Lipinski definition) is 2. The van der Waals surface area contributed by atoms with Crippen molar-refractivity contribution in [3.8, 4) is 0 Å². The summed E-state index contributed by atoms with van der Waals surface area (Å²) >= 11 is 0. The number of nitrogens with zero attached hydrogens (tertiary/aromatic N) is 1.